The average Bonchev–Trinajstić information content (AvgIpc) is 2.46. The van der Waals surface area contributed by atoms with Crippen molar-refractivity contribution in [2.24, 2.45) is 0 Å². The van der Waals surface area contributed by atoms with E-state index in [1.165, 1.54) is 0 Å². The number of hydrogen-bond donors (Lipinski definition) is 3. The van der Waals surface area contributed by atoms with Gasteiger partial charge in [0.05, 0.1) is 0 Å². The molecule has 0 heterocycles. The predicted molar refractivity (Wildman–Crippen MR) is 82.4 cm³/mol. The van der Waals surface area contributed by atoms with Crippen molar-refractivity contribution in [3.8, 4) is 0 Å². The van der Waals surface area contributed by atoms with E-state index in [1.54, 1.807) is 6.07 Å². The highest BCUT2D eigenvalue weighted by molar-refractivity contribution is 5.95. The SMILES string of the molecule is CCC[C@@H](NC(=O)Nc1ccc2ccccc2c1)C(=O)O. The zero-order valence-electron chi connectivity index (χ0n) is 11.8. The number of carboxylic acid groups (broad SMARTS) is 1. The van der Waals surface area contributed by atoms with Crippen molar-refractivity contribution in [1.82, 2.24) is 5.32 Å². The van der Waals surface area contributed by atoms with Crippen LogP contribution in [0.3, 0.4) is 0 Å². The number of anilines is 1. The van der Waals surface area contributed by atoms with Crippen molar-refractivity contribution in [1.29, 1.82) is 0 Å². The molecule has 21 heavy (non-hydrogen) atoms. The normalized spacial score (nSPS) is 11.9. The van der Waals surface area contributed by atoms with Gasteiger partial charge in [0.2, 0.25) is 0 Å². The molecule has 1 atom stereocenters. The average molecular weight is 286 g/mol. The summed E-state index contributed by atoms with van der Waals surface area (Å²) in [5, 5.41) is 16.2. The Morgan fingerprint density at radius 3 is 2.52 bits per heavy atom. The Labute approximate surface area is 123 Å². The molecule has 0 unspecified atom stereocenters. The van der Waals surface area contributed by atoms with Gasteiger partial charge in [-0.2, -0.15) is 0 Å². The summed E-state index contributed by atoms with van der Waals surface area (Å²) < 4.78 is 0. The summed E-state index contributed by atoms with van der Waals surface area (Å²) in [5.41, 5.74) is 0.631. The molecule has 2 aromatic carbocycles. The standard InChI is InChI=1S/C16H18N2O3/c1-2-5-14(15(19)20)18-16(21)17-13-9-8-11-6-3-4-7-12(11)10-13/h3-4,6-10,14H,2,5H2,1H3,(H,19,20)(H2,17,18,21)/t14-/m1/s1. The third-order valence-corrected chi connectivity index (χ3v) is 3.19. The Balaban J connectivity index is 2.05. The number of carboxylic acids is 1. The van der Waals surface area contributed by atoms with Gasteiger partial charge in [0.15, 0.2) is 0 Å². The number of benzene rings is 2. The second-order valence-electron chi connectivity index (χ2n) is 4.84. The van der Waals surface area contributed by atoms with Crippen LogP contribution < -0.4 is 10.6 Å². The van der Waals surface area contributed by atoms with E-state index in [0.717, 1.165) is 10.8 Å². The summed E-state index contributed by atoms with van der Waals surface area (Å²) in [6.07, 6.45) is 1.09. The minimum atomic E-state index is -1.02. The number of hydrogen-bond acceptors (Lipinski definition) is 2. The molecule has 0 aliphatic heterocycles. The Kier molecular flexibility index (Phi) is 4.77. The van der Waals surface area contributed by atoms with Crippen LogP contribution in [0.15, 0.2) is 42.5 Å². The van der Waals surface area contributed by atoms with Crippen molar-refractivity contribution in [2.75, 3.05) is 5.32 Å². The van der Waals surface area contributed by atoms with E-state index in [2.05, 4.69) is 10.6 Å². The molecule has 0 aliphatic carbocycles. The smallest absolute Gasteiger partial charge is 0.326 e. The van der Waals surface area contributed by atoms with Gasteiger partial charge in [0, 0.05) is 5.69 Å². The molecule has 5 heteroatoms. The molecule has 0 spiro atoms. The largest absolute Gasteiger partial charge is 0.480 e. The first kappa shape index (κ1) is 14.8. The van der Waals surface area contributed by atoms with Gasteiger partial charge >= 0.3 is 12.0 Å². The molecule has 2 rings (SSSR count). The number of amides is 2. The van der Waals surface area contributed by atoms with Gasteiger partial charge in [0.1, 0.15) is 6.04 Å². The molecule has 2 amide bonds. The first-order valence-electron chi connectivity index (χ1n) is 6.89. The lowest BCUT2D eigenvalue weighted by Gasteiger charge is -2.14. The van der Waals surface area contributed by atoms with Gasteiger partial charge in [-0.25, -0.2) is 9.59 Å². The maximum atomic E-state index is 11.9. The molecule has 0 aromatic heterocycles. The topological polar surface area (TPSA) is 78.4 Å². The summed E-state index contributed by atoms with van der Waals surface area (Å²) in [5.74, 6) is -1.02. The number of carbonyl (C=O) groups excluding carboxylic acids is 1. The highest BCUT2D eigenvalue weighted by Crippen LogP contribution is 2.18. The summed E-state index contributed by atoms with van der Waals surface area (Å²) >= 11 is 0. The number of fused-ring (bicyclic) bond motifs is 1. The molecule has 0 fully saturated rings. The number of nitrogens with one attached hydrogen (secondary N) is 2. The molecule has 110 valence electrons. The Morgan fingerprint density at radius 2 is 1.86 bits per heavy atom. The molecular formula is C16H18N2O3. The van der Waals surface area contributed by atoms with Gasteiger partial charge in [-0.1, -0.05) is 43.7 Å². The first-order valence-corrected chi connectivity index (χ1v) is 6.89. The van der Waals surface area contributed by atoms with Crippen molar-refractivity contribution < 1.29 is 14.7 Å². The van der Waals surface area contributed by atoms with Gasteiger partial charge < -0.3 is 15.7 Å². The Morgan fingerprint density at radius 1 is 1.14 bits per heavy atom. The molecule has 3 N–H and O–H groups in total. The molecule has 0 saturated heterocycles. The zero-order valence-corrected chi connectivity index (χ0v) is 11.8. The lowest BCUT2D eigenvalue weighted by Crippen LogP contribution is -2.42. The van der Waals surface area contributed by atoms with E-state index in [9.17, 15) is 9.59 Å². The fraction of sp³-hybridized carbons (Fsp3) is 0.250. The maximum Gasteiger partial charge on any atom is 0.326 e. The van der Waals surface area contributed by atoms with Crippen LogP contribution >= 0.6 is 0 Å². The lowest BCUT2D eigenvalue weighted by atomic mass is 10.1. The van der Waals surface area contributed by atoms with E-state index in [0.29, 0.717) is 18.5 Å². The van der Waals surface area contributed by atoms with Crippen molar-refractivity contribution in [3.05, 3.63) is 42.5 Å². The van der Waals surface area contributed by atoms with Gasteiger partial charge in [-0.15, -0.1) is 0 Å². The van der Waals surface area contributed by atoms with Crippen LogP contribution in [-0.2, 0) is 4.79 Å². The highest BCUT2D eigenvalue weighted by atomic mass is 16.4. The van der Waals surface area contributed by atoms with Gasteiger partial charge in [-0.05, 0) is 29.3 Å². The number of carbonyl (C=O) groups is 2. The van der Waals surface area contributed by atoms with Crippen LogP contribution in [0.2, 0.25) is 0 Å². The Bertz CT molecular complexity index is 655. The third-order valence-electron chi connectivity index (χ3n) is 3.19. The van der Waals surface area contributed by atoms with Crippen LogP contribution in [0.5, 0.6) is 0 Å². The molecule has 2 aromatic rings. The molecular weight excluding hydrogens is 268 g/mol. The second-order valence-corrected chi connectivity index (χ2v) is 4.84. The third kappa shape index (κ3) is 3.95. The molecule has 0 bridgehead atoms. The van der Waals surface area contributed by atoms with E-state index in [1.807, 2.05) is 43.3 Å². The number of rotatable bonds is 5. The van der Waals surface area contributed by atoms with Crippen LogP contribution in [0.25, 0.3) is 10.8 Å². The van der Waals surface area contributed by atoms with Crippen LogP contribution in [0.1, 0.15) is 19.8 Å². The molecule has 5 nitrogen and oxygen atoms in total. The molecule has 0 saturated carbocycles. The van der Waals surface area contributed by atoms with Gasteiger partial charge in [0.25, 0.3) is 0 Å². The lowest BCUT2D eigenvalue weighted by molar-refractivity contribution is -0.139. The maximum absolute atomic E-state index is 11.9. The predicted octanol–water partition coefficient (Wildman–Crippen LogP) is 3.21. The summed E-state index contributed by atoms with van der Waals surface area (Å²) in [6, 6.07) is 12.0. The van der Waals surface area contributed by atoms with Crippen LogP contribution in [0, 0.1) is 0 Å². The second kappa shape index (κ2) is 6.74. The van der Waals surface area contributed by atoms with Crippen molar-refractivity contribution in [2.45, 2.75) is 25.8 Å². The van der Waals surface area contributed by atoms with Crippen LogP contribution in [-0.4, -0.2) is 23.1 Å². The fourth-order valence-electron chi connectivity index (χ4n) is 2.14. The van der Waals surface area contributed by atoms with E-state index in [-0.39, 0.29) is 0 Å². The van der Waals surface area contributed by atoms with Crippen LogP contribution in [0.4, 0.5) is 10.5 Å². The van der Waals surface area contributed by atoms with Crippen molar-refractivity contribution >= 4 is 28.5 Å². The first-order chi connectivity index (χ1) is 10.1. The molecule has 0 aliphatic rings. The fourth-order valence-corrected chi connectivity index (χ4v) is 2.14. The summed E-state index contributed by atoms with van der Waals surface area (Å²) in [4.78, 5) is 22.9. The number of aliphatic carboxylic acids is 1. The minimum absolute atomic E-state index is 0.403. The zero-order chi connectivity index (χ0) is 15.2. The Hall–Kier alpha value is -2.56. The van der Waals surface area contributed by atoms with E-state index >= 15 is 0 Å². The minimum Gasteiger partial charge on any atom is -0.480 e. The van der Waals surface area contributed by atoms with E-state index < -0.39 is 18.0 Å². The van der Waals surface area contributed by atoms with E-state index in [4.69, 9.17) is 5.11 Å². The number of urea groups is 1. The quantitative estimate of drug-likeness (QED) is 0.789. The highest BCUT2D eigenvalue weighted by Gasteiger charge is 2.18. The molecule has 0 radical (unpaired) electrons. The summed E-state index contributed by atoms with van der Waals surface area (Å²) in [7, 11) is 0. The monoisotopic (exact) mass is 286 g/mol. The van der Waals surface area contributed by atoms with Gasteiger partial charge in [-0.3, -0.25) is 0 Å². The van der Waals surface area contributed by atoms with Crippen molar-refractivity contribution in [3.63, 3.8) is 0 Å². The summed E-state index contributed by atoms with van der Waals surface area (Å²) in [6.45, 7) is 1.87.